The van der Waals surface area contributed by atoms with E-state index in [1.165, 1.54) is 0 Å². The molecule has 0 amide bonds. The molecule has 1 N–H and O–H groups in total. The minimum absolute atomic E-state index is 0.604. The number of rotatable bonds is 3. The average Bonchev–Trinajstić information content (AvgIpc) is 2.46. The van der Waals surface area contributed by atoms with E-state index in [0.29, 0.717) is 23.4 Å². The maximum absolute atomic E-state index is 5.99. The molecule has 1 aromatic carbocycles. The number of fused-ring (bicyclic) bond motifs is 1. The minimum Gasteiger partial charge on any atom is -0.476 e. The van der Waals surface area contributed by atoms with Gasteiger partial charge < -0.3 is 10.1 Å². The minimum atomic E-state index is 0.604. The molecule has 1 aliphatic rings. The first-order valence-electron chi connectivity index (χ1n) is 7.00. The molecule has 0 spiro atoms. The van der Waals surface area contributed by atoms with Crippen LogP contribution in [0.15, 0.2) is 18.2 Å². The molecule has 0 aliphatic carbocycles. The molecular formula is C15H18ClN3O. The van der Waals surface area contributed by atoms with E-state index in [2.05, 4.69) is 15.3 Å². The van der Waals surface area contributed by atoms with Gasteiger partial charge in [-0.25, -0.2) is 9.97 Å². The van der Waals surface area contributed by atoms with Gasteiger partial charge >= 0.3 is 0 Å². The van der Waals surface area contributed by atoms with E-state index in [1.54, 1.807) is 0 Å². The summed E-state index contributed by atoms with van der Waals surface area (Å²) >= 11 is 5.99. The van der Waals surface area contributed by atoms with E-state index in [9.17, 15) is 0 Å². The maximum Gasteiger partial charge on any atom is 0.235 e. The van der Waals surface area contributed by atoms with Crippen molar-refractivity contribution in [3.63, 3.8) is 0 Å². The third-order valence-electron chi connectivity index (χ3n) is 3.67. The Bertz CT molecular complexity index is 611. The molecule has 2 aromatic rings. The van der Waals surface area contributed by atoms with Crippen molar-refractivity contribution in [2.24, 2.45) is 5.92 Å². The largest absolute Gasteiger partial charge is 0.476 e. The van der Waals surface area contributed by atoms with Crippen molar-refractivity contribution < 1.29 is 4.74 Å². The summed E-state index contributed by atoms with van der Waals surface area (Å²) in [5.41, 5.74) is 2.46. The highest BCUT2D eigenvalue weighted by Gasteiger charge is 2.15. The molecule has 0 saturated carbocycles. The molecule has 106 valence electrons. The van der Waals surface area contributed by atoms with E-state index >= 15 is 0 Å². The Hall–Kier alpha value is -1.39. The van der Waals surface area contributed by atoms with Gasteiger partial charge in [-0.3, -0.25) is 0 Å². The number of nitrogens with zero attached hydrogens (tertiary/aromatic N) is 2. The fraction of sp³-hybridized carbons (Fsp3) is 0.467. The molecule has 0 atom stereocenters. The van der Waals surface area contributed by atoms with Crippen LogP contribution in [0.2, 0.25) is 5.02 Å². The van der Waals surface area contributed by atoms with Gasteiger partial charge in [-0.15, -0.1) is 0 Å². The SMILES string of the molecule is Cc1nc2ccc(Cl)cc2nc1OCC1CCNCC1. The van der Waals surface area contributed by atoms with Gasteiger partial charge in [-0.05, 0) is 57.0 Å². The third-order valence-corrected chi connectivity index (χ3v) is 3.91. The quantitative estimate of drug-likeness (QED) is 0.944. The summed E-state index contributed by atoms with van der Waals surface area (Å²) in [5, 5.41) is 4.02. The van der Waals surface area contributed by atoms with Crippen molar-refractivity contribution in [3.05, 3.63) is 28.9 Å². The van der Waals surface area contributed by atoms with Crippen LogP contribution in [0.4, 0.5) is 0 Å². The first kappa shape index (κ1) is 13.6. The molecule has 0 bridgehead atoms. The number of hydrogen-bond acceptors (Lipinski definition) is 4. The van der Waals surface area contributed by atoms with Gasteiger partial charge in [0.2, 0.25) is 5.88 Å². The number of halogens is 1. The molecule has 0 radical (unpaired) electrons. The van der Waals surface area contributed by atoms with Crippen LogP contribution >= 0.6 is 11.6 Å². The van der Waals surface area contributed by atoms with E-state index in [0.717, 1.165) is 42.7 Å². The summed E-state index contributed by atoms with van der Waals surface area (Å²) in [6.45, 7) is 4.79. The van der Waals surface area contributed by atoms with E-state index in [4.69, 9.17) is 16.3 Å². The van der Waals surface area contributed by atoms with Crippen molar-refractivity contribution >= 4 is 22.6 Å². The monoisotopic (exact) mass is 291 g/mol. The zero-order valence-electron chi connectivity index (χ0n) is 11.5. The third kappa shape index (κ3) is 3.02. The molecule has 5 heteroatoms. The van der Waals surface area contributed by atoms with Crippen LogP contribution in [0.5, 0.6) is 5.88 Å². The van der Waals surface area contributed by atoms with Gasteiger partial charge in [0, 0.05) is 5.02 Å². The van der Waals surface area contributed by atoms with Gasteiger partial charge in [0.05, 0.1) is 17.6 Å². The van der Waals surface area contributed by atoms with Gasteiger partial charge in [-0.1, -0.05) is 11.6 Å². The van der Waals surface area contributed by atoms with Gasteiger partial charge in [0.1, 0.15) is 5.69 Å². The summed E-state index contributed by atoms with van der Waals surface area (Å²) in [6, 6.07) is 5.53. The lowest BCUT2D eigenvalue weighted by atomic mass is 9.99. The predicted molar refractivity (Wildman–Crippen MR) is 80.4 cm³/mol. The molecule has 0 unspecified atom stereocenters. The molecule has 3 rings (SSSR count). The fourth-order valence-corrected chi connectivity index (χ4v) is 2.65. The number of hydrogen-bond donors (Lipinski definition) is 1. The highest BCUT2D eigenvalue weighted by atomic mass is 35.5. The van der Waals surface area contributed by atoms with E-state index in [1.807, 2.05) is 25.1 Å². The number of aryl methyl sites for hydroxylation is 1. The number of nitrogens with one attached hydrogen (secondary N) is 1. The predicted octanol–water partition coefficient (Wildman–Crippen LogP) is 2.97. The topological polar surface area (TPSA) is 47.0 Å². The molecule has 1 fully saturated rings. The van der Waals surface area contributed by atoms with Crippen LogP contribution in [0.1, 0.15) is 18.5 Å². The second-order valence-corrected chi connectivity index (χ2v) is 5.69. The van der Waals surface area contributed by atoms with Gasteiger partial charge in [0.15, 0.2) is 0 Å². The number of piperidine rings is 1. The number of ether oxygens (including phenoxy) is 1. The zero-order valence-corrected chi connectivity index (χ0v) is 12.3. The number of aromatic nitrogens is 2. The zero-order chi connectivity index (χ0) is 13.9. The van der Waals surface area contributed by atoms with Gasteiger partial charge in [0.25, 0.3) is 0 Å². The summed E-state index contributed by atoms with van der Waals surface area (Å²) in [7, 11) is 0. The van der Waals surface area contributed by atoms with Crippen LogP contribution in [0.3, 0.4) is 0 Å². The molecule has 20 heavy (non-hydrogen) atoms. The smallest absolute Gasteiger partial charge is 0.235 e. The average molecular weight is 292 g/mol. The molecule has 1 saturated heterocycles. The van der Waals surface area contributed by atoms with Crippen LogP contribution in [0.25, 0.3) is 11.0 Å². The van der Waals surface area contributed by atoms with Gasteiger partial charge in [-0.2, -0.15) is 0 Å². The Kier molecular flexibility index (Phi) is 4.03. The molecule has 4 nitrogen and oxygen atoms in total. The highest BCUT2D eigenvalue weighted by molar-refractivity contribution is 6.31. The Morgan fingerprint density at radius 3 is 2.85 bits per heavy atom. The van der Waals surface area contributed by atoms with Crippen molar-refractivity contribution in [2.75, 3.05) is 19.7 Å². The summed E-state index contributed by atoms with van der Waals surface area (Å²) in [5.74, 6) is 1.23. The Labute approximate surface area is 123 Å². The number of benzene rings is 1. The highest BCUT2D eigenvalue weighted by Crippen LogP contribution is 2.22. The second-order valence-electron chi connectivity index (χ2n) is 5.25. The normalized spacial score (nSPS) is 16.5. The summed E-state index contributed by atoms with van der Waals surface area (Å²) in [6.07, 6.45) is 2.32. The summed E-state index contributed by atoms with van der Waals surface area (Å²) < 4.78 is 5.88. The van der Waals surface area contributed by atoms with Crippen molar-refractivity contribution in [1.82, 2.24) is 15.3 Å². The van der Waals surface area contributed by atoms with Crippen LogP contribution in [0, 0.1) is 12.8 Å². The van der Waals surface area contributed by atoms with Crippen LogP contribution in [-0.2, 0) is 0 Å². The van der Waals surface area contributed by atoms with E-state index in [-0.39, 0.29) is 0 Å². The van der Waals surface area contributed by atoms with Crippen LogP contribution < -0.4 is 10.1 Å². The van der Waals surface area contributed by atoms with Crippen molar-refractivity contribution in [1.29, 1.82) is 0 Å². The molecule has 1 aliphatic heterocycles. The first-order chi connectivity index (χ1) is 9.72. The summed E-state index contributed by atoms with van der Waals surface area (Å²) in [4.78, 5) is 9.06. The molecule has 2 heterocycles. The van der Waals surface area contributed by atoms with Crippen LogP contribution in [-0.4, -0.2) is 29.7 Å². The Balaban J connectivity index is 1.77. The second kappa shape index (κ2) is 5.94. The van der Waals surface area contributed by atoms with E-state index < -0.39 is 0 Å². The fourth-order valence-electron chi connectivity index (χ4n) is 2.48. The lowest BCUT2D eigenvalue weighted by Gasteiger charge is -2.22. The first-order valence-corrected chi connectivity index (χ1v) is 7.37. The maximum atomic E-state index is 5.99. The van der Waals surface area contributed by atoms with Crippen molar-refractivity contribution in [2.45, 2.75) is 19.8 Å². The van der Waals surface area contributed by atoms with Crippen molar-refractivity contribution in [3.8, 4) is 5.88 Å². The Morgan fingerprint density at radius 2 is 2.05 bits per heavy atom. The molecular weight excluding hydrogens is 274 g/mol. The lowest BCUT2D eigenvalue weighted by molar-refractivity contribution is 0.207. The lowest BCUT2D eigenvalue weighted by Crippen LogP contribution is -2.30. The standard InChI is InChI=1S/C15H18ClN3O/c1-10-15(20-9-11-4-6-17-7-5-11)19-14-8-12(16)2-3-13(14)18-10/h2-3,8,11,17H,4-7,9H2,1H3. The Morgan fingerprint density at radius 1 is 1.25 bits per heavy atom. The molecule has 1 aromatic heterocycles.